The molecular weight excluding hydrogens is 328 g/mol. The standard InChI is InChI=1S/C18H21ClN2O3/c1-21(11-12-22)18(23)20-17(13-7-3-5-9-15(13)19)14-8-4-6-10-16(14)24-2/h3-10,17,22H,11-12H2,1-2H3,(H,20,23). The molecule has 0 aromatic heterocycles. The average Bonchev–Trinajstić information content (AvgIpc) is 2.60. The van der Waals surface area contributed by atoms with Gasteiger partial charge in [-0.25, -0.2) is 4.79 Å². The Bertz CT molecular complexity index is 693. The number of hydrogen-bond acceptors (Lipinski definition) is 3. The quantitative estimate of drug-likeness (QED) is 0.843. The van der Waals surface area contributed by atoms with Crippen LogP contribution in [0.4, 0.5) is 4.79 Å². The number of carbonyl (C=O) groups excluding carboxylic acids is 1. The van der Waals surface area contributed by atoms with Gasteiger partial charge in [0.25, 0.3) is 0 Å². The summed E-state index contributed by atoms with van der Waals surface area (Å²) in [6.45, 7) is 0.141. The van der Waals surface area contributed by atoms with E-state index in [9.17, 15) is 4.79 Å². The Morgan fingerprint density at radius 2 is 1.83 bits per heavy atom. The second kappa shape index (κ2) is 8.57. The average molecular weight is 349 g/mol. The molecule has 0 heterocycles. The van der Waals surface area contributed by atoms with E-state index in [0.717, 1.165) is 11.1 Å². The number of urea groups is 1. The molecule has 5 nitrogen and oxygen atoms in total. The summed E-state index contributed by atoms with van der Waals surface area (Å²) in [6, 6.07) is 14.1. The molecule has 0 radical (unpaired) electrons. The zero-order chi connectivity index (χ0) is 17.5. The molecule has 2 rings (SSSR count). The first-order valence-electron chi connectivity index (χ1n) is 7.58. The van der Waals surface area contributed by atoms with E-state index < -0.39 is 6.04 Å². The molecule has 2 amide bonds. The fourth-order valence-corrected chi connectivity index (χ4v) is 2.67. The van der Waals surface area contributed by atoms with Crippen LogP contribution in [0.3, 0.4) is 0 Å². The number of benzene rings is 2. The summed E-state index contributed by atoms with van der Waals surface area (Å²) < 4.78 is 5.43. The maximum atomic E-state index is 12.4. The predicted molar refractivity (Wildman–Crippen MR) is 94.5 cm³/mol. The van der Waals surface area contributed by atoms with Crippen LogP contribution in [-0.2, 0) is 0 Å². The molecule has 0 saturated heterocycles. The van der Waals surface area contributed by atoms with Crippen molar-refractivity contribution in [1.82, 2.24) is 10.2 Å². The van der Waals surface area contributed by atoms with Crippen molar-refractivity contribution in [3.05, 3.63) is 64.7 Å². The number of hydrogen-bond donors (Lipinski definition) is 2. The Morgan fingerprint density at radius 1 is 1.21 bits per heavy atom. The molecule has 6 heteroatoms. The molecular formula is C18H21ClN2O3. The van der Waals surface area contributed by atoms with Crippen molar-refractivity contribution in [2.75, 3.05) is 27.3 Å². The number of nitrogens with one attached hydrogen (secondary N) is 1. The minimum atomic E-state index is -0.469. The van der Waals surface area contributed by atoms with Gasteiger partial charge in [0.1, 0.15) is 5.75 Å². The maximum Gasteiger partial charge on any atom is 0.317 e. The summed E-state index contributed by atoms with van der Waals surface area (Å²) in [5.74, 6) is 0.660. The SMILES string of the molecule is COc1ccccc1C(NC(=O)N(C)CCO)c1ccccc1Cl. The van der Waals surface area contributed by atoms with Gasteiger partial charge in [-0.3, -0.25) is 0 Å². The Kier molecular flexibility index (Phi) is 6.46. The highest BCUT2D eigenvalue weighted by atomic mass is 35.5. The number of ether oxygens (including phenoxy) is 1. The fourth-order valence-electron chi connectivity index (χ4n) is 2.42. The highest BCUT2D eigenvalue weighted by Gasteiger charge is 2.23. The molecule has 0 fully saturated rings. The summed E-state index contributed by atoms with van der Waals surface area (Å²) in [7, 11) is 3.21. The van der Waals surface area contributed by atoms with Gasteiger partial charge in [-0.05, 0) is 17.7 Å². The molecule has 24 heavy (non-hydrogen) atoms. The molecule has 0 saturated carbocycles. The number of amides is 2. The van der Waals surface area contributed by atoms with Crippen molar-refractivity contribution in [2.24, 2.45) is 0 Å². The number of para-hydroxylation sites is 1. The van der Waals surface area contributed by atoms with Crippen LogP contribution in [0.15, 0.2) is 48.5 Å². The molecule has 0 aliphatic rings. The lowest BCUT2D eigenvalue weighted by Crippen LogP contribution is -2.41. The van der Waals surface area contributed by atoms with E-state index in [2.05, 4.69) is 5.32 Å². The van der Waals surface area contributed by atoms with Crippen molar-refractivity contribution in [3.8, 4) is 5.75 Å². The summed E-state index contributed by atoms with van der Waals surface area (Å²) in [4.78, 5) is 13.8. The minimum Gasteiger partial charge on any atom is -0.496 e. The van der Waals surface area contributed by atoms with Crippen LogP contribution in [0, 0.1) is 0 Å². The molecule has 1 unspecified atom stereocenters. The van der Waals surface area contributed by atoms with Gasteiger partial charge in [-0.15, -0.1) is 0 Å². The minimum absolute atomic E-state index is 0.102. The summed E-state index contributed by atoms with van der Waals surface area (Å²) in [5, 5.41) is 12.5. The van der Waals surface area contributed by atoms with Crippen molar-refractivity contribution >= 4 is 17.6 Å². The van der Waals surface area contributed by atoms with Crippen LogP contribution in [0.5, 0.6) is 5.75 Å². The Hall–Kier alpha value is -2.24. The fraction of sp³-hybridized carbons (Fsp3) is 0.278. The lowest BCUT2D eigenvalue weighted by molar-refractivity contribution is 0.188. The molecule has 0 aliphatic carbocycles. The topological polar surface area (TPSA) is 61.8 Å². The van der Waals surface area contributed by atoms with Gasteiger partial charge in [0.15, 0.2) is 0 Å². The normalized spacial score (nSPS) is 11.7. The number of nitrogens with zero attached hydrogens (tertiary/aromatic N) is 1. The Balaban J connectivity index is 2.43. The van der Waals surface area contributed by atoms with Crippen LogP contribution in [0.1, 0.15) is 17.2 Å². The number of aliphatic hydroxyl groups is 1. The van der Waals surface area contributed by atoms with E-state index in [1.165, 1.54) is 4.90 Å². The molecule has 2 aromatic carbocycles. The van der Waals surface area contributed by atoms with Gasteiger partial charge in [0.2, 0.25) is 0 Å². The number of methoxy groups -OCH3 is 1. The van der Waals surface area contributed by atoms with Gasteiger partial charge < -0.3 is 20.1 Å². The zero-order valence-electron chi connectivity index (χ0n) is 13.7. The summed E-state index contributed by atoms with van der Waals surface area (Å²) >= 11 is 6.34. The van der Waals surface area contributed by atoms with Gasteiger partial charge in [-0.2, -0.15) is 0 Å². The first kappa shape index (κ1) is 18.1. The van der Waals surface area contributed by atoms with Crippen LogP contribution in [0.2, 0.25) is 5.02 Å². The van der Waals surface area contributed by atoms with E-state index in [0.29, 0.717) is 10.8 Å². The van der Waals surface area contributed by atoms with Crippen LogP contribution in [-0.4, -0.2) is 43.3 Å². The maximum absolute atomic E-state index is 12.4. The number of rotatable bonds is 6. The van der Waals surface area contributed by atoms with Crippen molar-refractivity contribution in [2.45, 2.75) is 6.04 Å². The summed E-state index contributed by atoms with van der Waals surface area (Å²) in [5.41, 5.74) is 1.58. The van der Waals surface area contributed by atoms with Crippen molar-refractivity contribution in [1.29, 1.82) is 0 Å². The first-order valence-corrected chi connectivity index (χ1v) is 7.96. The zero-order valence-corrected chi connectivity index (χ0v) is 14.5. The second-order valence-electron chi connectivity index (χ2n) is 5.29. The molecule has 0 spiro atoms. The van der Waals surface area contributed by atoms with Gasteiger partial charge in [0, 0.05) is 24.2 Å². The highest BCUT2D eigenvalue weighted by Crippen LogP contribution is 2.33. The molecule has 2 aromatic rings. The molecule has 1 atom stereocenters. The number of carbonyl (C=O) groups is 1. The van der Waals surface area contributed by atoms with Crippen LogP contribution in [0.25, 0.3) is 0 Å². The lowest BCUT2D eigenvalue weighted by atomic mass is 9.97. The van der Waals surface area contributed by atoms with Crippen LogP contribution >= 0.6 is 11.6 Å². The molecule has 0 bridgehead atoms. The molecule has 128 valence electrons. The Morgan fingerprint density at radius 3 is 2.46 bits per heavy atom. The van der Waals surface area contributed by atoms with E-state index in [1.807, 2.05) is 42.5 Å². The van der Waals surface area contributed by atoms with Crippen molar-refractivity contribution < 1.29 is 14.6 Å². The third-order valence-electron chi connectivity index (χ3n) is 3.72. The molecule has 0 aliphatic heterocycles. The highest BCUT2D eigenvalue weighted by molar-refractivity contribution is 6.31. The Labute approximate surface area is 146 Å². The van der Waals surface area contributed by atoms with E-state index in [4.69, 9.17) is 21.4 Å². The first-order chi connectivity index (χ1) is 11.6. The van der Waals surface area contributed by atoms with Gasteiger partial charge in [0.05, 0.1) is 19.8 Å². The van der Waals surface area contributed by atoms with Gasteiger partial charge in [-0.1, -0.05) is 48.0 Å². The predicted octanol–water partition coefficient (Wildman–Crippen LogP) is 3.07. The van der Waals surface area contributed by atoms with E-state index in [1.54, 1.807) is 20.2 Å². The summed E-state index contributed by atoms with van der Waals surface area (Å²) in [6.07, 6.45) is 0. The third-order valence-corrected chi connectivity index (χ3v) is 4.06. The third kappa shape index (κ3) is 4.19. The number of aliphatic hydroxyl groups excluding tert-OH is 1. The largest absolute Gasteiger partial charge is 0.496 e. The smallest absolute Gasteiger partial charge is 0.317 e. The van der Waals surface area contributed by atoms with E-state index >= 15 is 0 Å². The second-order valence-corrected chi connectivity index (χ2v) is 5.70. The van der Waals surface area contributed by atoms with E-state index in [-0.39, 0.29) is 19.2 Å². The lowest BCUT2D eigenvalue weighted by Gasteiger charge is -2.25. The number of halogens is 1. The monoisotopic (exact) mass is 348 g/mol. The van der Waals surface area contributed by atoms with Crippen LogP contribution < -0.4 is 10.1 Å². The molecule has 2 N–H and O–H groups in total. The number of likely N-dealkylation sites (N-methyl/N-ethyl adjacent to an activating group) is 1. The van der Waals surface area contributed by atoms with Gasteiger partial charge >= 0.3 is 6.03 Å². The van der Waals surface area contributed by atoms with Crippen molar-refractivity contribution in [3.63, 3.8) is 0 Å².